The molecule has 0 amide bonds. The molecular weight excluding hydrogens is 265 g/mol. The molecule has 0 bridgehead atoms. The molecule has 70 valence electrons. The van der Waals surface area contributed by atoms with Gasteiger partial charge in [-0.25, -0.2) is 0 Å². The maximum Gasteiger partial charge on any atom is 0.0511 e. The molecule has 0 spiro atoms. The summed E-state index contributed by atoms with van der Waals surface area (Å²) < 4.78 is 5.01. The fraction of sp³-hybridized carbons (Fsp3) is 1.00. The minimum atomic E-state index is -2.73. The first-order valence-electron chi connectivity index (χ1n) is 3.72. The van der Waals surface area contributed by atoms with E-state index in [1.165, 1.54) is 11.4 Å². The summed E-state index contributed by atoms with van der Waals surface area (Å²) in [6, 6.07) is 0. The second kappa shape index (κ2) is 9.11. The third-order valence-corrected chi connectivity index (χ3v) is 5.39. The van der Waals surface area contributed by atoms with Crippen LogP contribution in [0.5, 0.6) is 0 Å². The fourth-order valence-corrected chi connectivity index (χ4v) is 3.89. The van der Waals surface area contributed by atoms with Crippen molar-refractivity contribution in [2.75, 3.05) is 12.4 Å². The van der Waals surface area contributed by atoms with Crippen LogP contribution >= 0.6 is 17.1 Å². The van der Waals surface area contributed by atoms with Crippen LogP contribution in [0.15, 0.2) is 0 Å². The Morgan fingerprint density at radius 2 is 2.00 bits per heavy atom. The summed E-state index contributed by atoms with van der Waals surface area (Å²) in [7, 11) is 0. The van der Waals surface area contributed by atoms with E-state index >= 15 is 0 Å². The van der Waals surface area contributed by atoms with Gasteiger partial charge >= 0.3 is 0 Å². The molecule has 0 radical (unpaired) electrons. The standard InChI is InChI=1S/C6H15O2PS2.Zn/c1-3-5-8-9(7,10)11-6-4-2;/h3-6H2,1-2H3,(H,7,10);/p-1. The molecule has 0 aromatic heterocycles. The second-order valence-electron chi connectivity index (χ2n) is 2.11. The van der Waals surface area contributed by atoms with Gasteiger partial charge in [-0.15, -0.1) is 11.4 Å². The van der Waals surface area contributed by atoms with Gasteiger partial charge in [0.15, 0.2) is 0 Å². The molecule has 0 rings (SSSR count). The van der Waals surface area contributed by atoms with Crippen LogP contribution in [0.25, 0.3) is 0 Å². The predicted octanol–water partition coefficient (Wildman–Crippen LogP) is 2.14. The SMILES string of the molecule is CCCOP([O-])(=S)SCCC.[Zn]. The van der Waals surface area contributed by atoms with Crippen molar-refractivity contribution in [3.63, 3.8) is 0 Å². The maximum atomic E-state index is 11.3. The van der Waals surface area contributed by atoms with Crippen molar-refractivity contribution in [2.24, 2.45) is 0 Å². The Hall–Kier alpha value is 1.54. The molecule has 0 heterocycles. The Bertz CT molecular complexity index is 134. The van der Waals surface area contributed by atoms with Crippen molar-refractivity contribution in [1.29, 1.82) is 0 Å². The molecule has 0 saturated carbocycles. The molecule has 1 atom stereocenters. The summed E-state index contributed by atoms with van der Waals surface area (Å²) in [5.41, 5.74) is -2.73. The second-order valence-corrected chi connectivity index (χ2v) is 8.29. The molecule has 0 saturated heterocycles. The Labute approximate surface area is 96.5 Å². The van der Waals surface area contributed by atoms with Gasteiger partial charge in [-0.1, -0.05) is 25.7 Å². The Morgan fingerprint density at radius 3 is 2.42 bits per heavy atom. The van der Waals surface area contributed by atoms with E-state index in [1.54, 1.807) is 0 Å². The van der Waals surface area contributed by atoms with Gasteiger partial charge in [-0.2, -0.15) is 0 Å². The zero-order valence-electron chi connectivity index (χ0n) is 7.62. The molecule has 6 heteroatoms. The van der Waals surface area contributed by atoms with Crippen molar-refractivity contribution in [1.82, 2.24) is 0 Å². The molecule has 2 nitrogen and oxygen atoms in total. The van der Waals surface area contributed by atoms with Crippen molar-refractivity contribution in [3.8, 4) is 0 Å². The van der Waals surface area contributed by atoms with Crippen LogP contribution in [0.3, 0.4) is 0 Å². The summed E-state index contributed by atoms with van der Waals surface area (Å²) in [5, 5.41) is 0. The van der Waals surface area contributed by atoms with Gasteiger partial charge in [0.2, 0.25) is 0 Å². The van der Waals surface area contributed by atoms with Crippen molar-refractivity contribution >= 4 is 28.9 Å². The zero-order chi connectivity index (χ0) is 8.74. The topological polar surface area (TPSA) is 32.3 Å². The van der Waals surface area contributed by atoms with Crippen molar-refractivity contribution in [3.05, 3.63) is 0 Å². The summed E-state index contributed by atoms with van der Waals surface area (Å²) >= 11 is 6.04. The summed E-state index contributed by atoms with van der Waals surface area (Å²) in [6.07, 6.45) is 1.86. The Kier molecular flexibility index (Phi) is 12.1. The van der Waals surface area contributed by atoms with E-state index in [2.05, 4.69) is 0 Å². The molecule has 0 N–H and O–H groups in total. The quantitative estimate of drug-likeness (QED) is 0.550. The van der Waals surface area contributed by atoms with E-state index in [1.807, 2.05) is 13.8 Å². The van der Waals surface area contributed by atoms with Gasteiger partial charge in [0.25, 0.3) is 0 Å². The van der Waals surface area contributed by atoms with Crippen molar-refractivity contribution in [2.45, 2.75) is 26.7 Å². The fourth-order valence-electron chi connectivity index (χ4n) is 0.443. The molecule has 0 aliphatic carbocycles. The zero-order valence-corrected chi connectivity index (χ0v) is 13.1. The van der Waals surface area contributed by atoms with E-state index in [-0.39, 0.29) is 19.5 Å². The van der Waals surface area contributed by atoms with E-state index in [4.69, 9.17) is 16.3 Å². The van der Waals surface area contributed by atoms with Crippen LogP contribution in [0.2, 0.25) is 0 Å². The minimum absolute atomic E-state index is 0. The average molecular weight is 279 g/mol. The largest absolute Gasteiger partial charge is 0.793 e. The third kappa shape index (κ3) is 9.63. The van der Waals surface area contributed by atoms with Gasteiger partial charge in [0, 0.05) is 25.2 Å². The Balaban J connectivity index is 0. The van der Waals surface area contributed by atoms with Gasteiger partial charge in [-0.05, 0) is 18.6 Å². The monoisotopic (exact) mass is 277 g/mol. The van der Waals surface area contributed by atoms with Crippen LogP contribution in [0.4, 0.5) is 0 Å². The van der Waals surface area contributed by atoms with E-state index < -0.39 is 5.69 Å². The number of rotatable bonds is 6. The van der Waals surface area contributed by atoms with Gasteiger partial charge in [0.05, 0.1) is 6.61 Å². The van der Waals surface area contributed by atoms with Gasteiger partial charge < -0.3 is 9.42 Å². The van der Waals surface area contributed by atoms with Crippen LogP contribution in [0, 0.1) is 0 Å². The molecule has 1 unspecified atom stereocenters. The van der Waals surface area contributed by atoms with Crippen LogP contribution in [-0.2, 0) is 35.8 Å². The Morgan fingerprint density at radius 1 is 1.42 bits per heavy atom. The van der Waals surface area contributed by atoms with E-state index in [9.17, 15) is 4.89 Å². The molecule has 0 aliphatic rings. The van der Waals surface area contributed by atoms with E-state index in [0.29, 0.717) is 6.61 Å². The van der Waals surface area contributed by atoms with Gasteiger partial charge in [0.1, 0.15) is 0 Å². The first kappa shape index (κ1) is 16.0. The molecule has 0 aliphatic heterocycles. The normalized spacial score (nSPS) is 14.9. The number of hydrogen-bond donors (Lipinski definition) is 0. The smallest absolute Gasteiger partial charge is 0.0511 e. The third-order valence-electron chi connectivity index (χ3n) is 0.907. The summed E-state index contributed by atoms with van der Waals surface area (Å²) in [5.74, 6) is 0.824. The number of hydrogen-bond acceptors (Lipinski definition) is 4. The maximum absolute atomic E-state index is 11.3. The first-order valence-corrected chi connectivity index (χ1v) is 7.95. The summed E-state index contributed by atoms with van der Waals surface area (Å²) in [6.45, 7) is 4.51. The minimum Gasteiger partial charge on any atom is -0.793 e. The van der Waals surface area contributed by atoms with E-state index in [0.717, 1.165) is 18.6 Å². The summed E-state index contributed by atoms with van der Waals surface area (Å²) in [4.78, 5) is 11.3. The van der Waals surface area contributed by atoms with Gasteiger partial charge in [-0.3, -0.25) is 0 Å². The molecule has 0 aromatic carbocycles. The average Bonchev–Trinajstić information content (AvgIpc) is 1.97. The van der Waals surface area contributed by atoms with Crippen LogP contribution < -0.4 is 4.89 Å². The van der Waals surface area contributed by atoms with Crippen LogP contribution in [-0.4, -0.2) is 12.4 Å². The van der Waals surface area contributed by atoms with Crippen molar-refractivity contribution < 1.29 is 28.9 Å². The van der Waals surface area contributed by atoms with Crippen LogP contribution in [0.1, 0.15) is 26.7 Å². The molecular formula is C6H14O2PS2Zn-. The first-order chi connectivity index (χ1) is 5.12. The predicted molar refractivity (Wildman–Crippen MR) is 53.3 cm³/mol. The molecule has 0 aromatic rings. The molecule has 12 heavy (non-hydrogen) atoms. The molecule has 0 fully saturated rings.